The average Bonchev–Trinajstić information content (AvgIpc) is 2.39. The first-order valence-electron chi connectivity index (χ1n) is 6.80. The van der Waals surface area contributed by atoms with E-state index < -0.39 is 0 Å². The summed E-state index contributed by atoms with van der Waals surface area (Å²) < 4.78 is 0. The first-order chi connectivity index (χ1) is 8.18. The normalized spacial score (nSPS) is 15.8. The first-order valence-corrected chi connectivity index (χ1v) is 6.80. The van der Waals surface area contributed by atoms with Gasteiger partial charge in [0.2, 0.25) is 0 Å². The van der Waals surface area contributed by atoms with Gasteiger partial charge < -0.3 is 10.6 Å². The van der Waals surface area contributed by atoms with Crippen LogP contribution in [0, 0.1) is 0 Å². The third-order valence-electron chi connectivity index (χ3n) is 4.12. The number of benzene rings is 1. The lowest BCUT2D eigenvalue weighted by molar-refractivity contribution is 0.390. The maximum atomic E-state index is 6.44. The highest BCUT2D eigenvalue weighted by Crippen LogP contribution is 2.28. The lowest BCUT2D eigenvalue weighted by atomic mass is 9.91. The highest BCUT2D eigenvalue weighted by molar-refractivity contribution is 5.55. The molecule has 0 aromatic heterocycles. The van der Waals surface area contributed by atoms with Crippen LogP contribution in [0.5, 0.6) is 0 Å². The van der Waals surface area contributed by atoms with Crippen LogP contribution in [0.2, 0.25) is 0 Å². The highest BCUT2D eigenvalue weighted by atomic mass is 15.2. The number of fused-ring (bicyclic) bond motifs is 1. The molecular weight excluding hydrogens is 208 g/mol. The van der Waals surface area contributed by atoms with Crippen LogP contribution in [0.1, 0.15) is 38.7 Å². The lowest BCUT2D eigenvalue weighted by Crippen LogP contribution is -2.50. The molecule has 0 amide bonds. The van der Waals surface area contributed by atoms with Crippen molar-refractivity contribution in [1.29, 1.82) is 0 Å². The number of aryl methyl sites for hydroxylation is 1. The molecule has 2 N–H and O–H groups in total. The first kappa shape index (κ1) is 12.4. The van der Waals surface area contributed by atoms with Gasteiger partial charge >= 0.3 is 0 Å². The molecule has 0 bridgehead atoms. The molecule has 1 aliphatic rings. The molecule has 1 aliphatic heterocycles. The molecule has 0 spiro atoms. The summed E-state index contributed by atoms with van der Waals surface area (Å²) in [6.45, 7) is 6.52. The van der Waals surface area contributed by atoms with Crippen molar-refractivity contribution in [3.63, 3.8) is 0 Å². The van der Waals surface area contributed by atoms with Gasteiger partial charge in [-0.3, -0.25) is 0 Å². The zero-order valence-electron chi connectivity index (χ0n) is 11.1. The summed E-state index contributed by atoms with van der Waals surface area (Å²) in [6, 6.07) is 8.75. The minimum absolute atomic E-state index is 0.0373. The molecule has 0 saturated carbocycles. The Morgan fingerprint density at radius 2 is 1.94 bits per heavy atom. The van der Waals surface area contributed by atoms with Crippen molar-refractivity contribution in [2.45, 2.75) is 45.1 Å². The van der Waals surface area contributed by atoms with Crippen molar-refractivity contribution in [2.75, 3.05) is 18.0 Å². The van der Waals surface area contributed by atoms with Crippen molar-refractivity contribution in [3.8, 4) is 0 Å². The topological polar surface area (TPSA) is 29.3 Å². The summed E-state index contributed by atoms with van der Waals surface area (Å²) >= 11 is 0. The second kappa shape index (κ2) is 5.09. The van der Waals surface area contributed by atoms with Crippen molar-refractivity contribution < 1.29 is 0 Å². The third kappa shape index (κ3) is 2.63. The largest absolute Gasteiger partial charge is 0.369 e. The molecule has 0 aliphatic carbocycles. The Balaban J connectivity index is 2.19. The predicted octanol–water partition coefficient (Wildman–Crippen LogP) is 2.96. The monoisotopic (exact) mass is 232 g/mol. The van der Waals surface area contributed by atoms with E-state index in [9.17, 15) is 0 Å². The Bertz CT molecular complexity index is 369. The van der Waals surface area contributed by atoms with Crippen LogP contribution in [0.15, 0.2) is 24.3 Å². The lowest BCUT2D eigenvalue weighted by Gasteiger charge is -2.38. The third-order valence-corrected chi connectivity index (χ3v) is 4.12. The number of hydrogen-bond donors (Lipinski definition) is 1. The van der Waals surface area contributed by atoms with Gasteiger partial charge in [-0.25, -0.2) is 0 Å². The number of para-hydroxylation sites is 1. The second-order valence-electron chi connectivity index (χ2n) is 5.22. The Morgan fingerprint density at radius 1 is 1.24 bits per heavy atom. The van der Waals surface area contributed by atoms with E-state index in [1.165, 1.54) is 24.1 Å². The number of hydrogen-bond acceptors (Lipinski definition) is 2. The maximum Gasteiger partial charge on any atom is 0.0399 e. The van der Waals surface area contributed by atoms with Crippen LogP contribution in [-0.2, 0) is 6.42 Å². The zero-order valence-corrected chi connectivity index (χ0v) is 11.1. The van der Waals surface area contributed by atoms with Crippen molar-refractivity contribution in [3.05, 3.63) is 29.8 Å². The molecule has 2 heteroatoms. The minimum Gasteiger partial charge on any atom is -0.369 e. The van der Waals surface area contributed by atoms with E-state index in [0.29, 0.717) is 0 Å². The smallest absolute Gasteiger partial charge is 0.0399 e. The van der Waals surface area contributed by atoms with Gasteiger partial charge in [-0.1, -0.05) is 32.0 Å². The molecule has 0 atom stereocenters. The van der Waals surface area contributed by atoms with E-state index in [0.717, 1.165) is 25.9 Å². The summed E-state index contributed by atoms with van der Waals surface area (Å²) in [7, 11) is 0. The average molecular weight is 232 g/mol. The van der Waals surface area contributed by atoms with Gasteiger partial charge in [0.15, 0.2) is 0 Å². The van der Waals surface area contributed by atoms with E-state index in [2.05, 4.69) is 43.0 Å². The molecule has 2 nitrogen and oxygen atoms in total. The quantitative estimate of drug-likeness (QED) is 0.865. The molecule has 17 heavy (non-hydrogen) atoms. The van der Waals surface area contributed by atoms with Gasteiger partial charge in [0.1, 0.15) is 0 Å². The van der Waals surface area contributed by atoms with E-state index in [1.54, 1.807) is 0 Å². The molecule has 1 heterocycles. The molecule has 0 saturated heterocycles. The fraction of sp³-hybridized carbons (Fsp3) is 0.600. The standard InChI is InChI=1S/C15H24N2/c1-3-15(16,4-2)12-17-11-7-9-13-8-5-6-10-14(13)17/h5-6,8,10H,3-4,7,9,11-12,16H2,1-2H3. The van der Waals surface area contributed by atoms with Gasteiger partial charge in [-0.2, -0.15) is 0 Å². The molecular formula is C15H24N2. The van der Waals surface area contributed by atoms with Crippen LogP contribution < -0.4 is 10.6 Å². The maximum absolute atomic E-state index is 6.44. The van der Waals surface area contributed by atoms with Gasteiger partial charge in [-0.15, -0.1) is 0 Å². The molecule has 1 aromatic carbocycles. The molecule has 2 rings (SSSR count). The summed E-state index contributed by atoms with van der Waals surface area (Å²) in [6.07, 6.45) is 4.55. The van der Waals surface area contributed by atoms with E-state index in [1.807, 2.05) is 0 Å². The van der Waals surface area contributed by atoms with E-state index in [4.69, 9.17) is 5.73 Å². The summed E-state index contributed by atoms with van der Waals surface area (Å²) in [5.74, 6) is 0. The molecule has 0 unspecified atom stereocenters. The van der Waals surface area contributed by atoms with Crippen LogP contribution in [0.25, 0.3) is 0 Å². The number of nitrogens with zero attached hydrogens (tertiary/aromatic N) is 1. The number of rotatable bonds is 4. The van der Waals surface area contributed by atoms with Crippen LogP contribution in [0.3, 0.4) is 0 Å². The van der Waals surface area contributed by atoms with Crippen LogP contribution in [-0.4, -0.2) is 18.6 Å². The summed E-state index contributed by atoms with van der Waals surface area (Å²) in [5.41, 5.74) is 9.28. The Labute approximate surface area is 105 Å². The predicted molar refractivity (Wildman–Crippen MR) is 74.5 cm³/mol. The Hall–Kier alpha value is -1.02. The Kier molecular flexibility index (Phi) is 3.72. The number of nitrogens with two attached hydrogens (primary N) is 1. The van der Waals surface area contributed by atoms with Crippen molar-refractivity contribution >= 4 is 5.69 Å². The highest BCUT2D eigenvalue weighted by Gasteiger charge is 2.26. The van der Waals surface area contributed by atoms with Gasteiger partial charge in [0, 0.05) is 24.3 Å². The fourth-order valence-electron chi connectivity index (χ4n) is 2.63. The van der Waals surface area contributed by atoms with Crippen molar-refractivity contribution in [2.24, 2.45) is 5.73 Å². The van der Waals surface area contributed by atoms with Gasteiger partial charge in [0.05, 0.1) is 0 Å². The van der Waals surface area contributed by atoms with Gasteiger partial charge in [-0.05, 0) is 37.3 Å². The second-order valence-corrected chi connectivity index (χ2v) is 5.22. The zero-order chi connectivity index (χ0) is 12.3. The van der Waals surface area contributed by atoms with Crippen LogP contribution >= 0.6 is 0 Å². The number of anilines is 1. The summed E-state index contributed by atoms with van der Waals surface area (Å²) in [4.78, 5) is 2.48. The van der Waals surface area contributed by atoms with Gasteiger partial charge in [0.25, 0.3) is 0 Å². The SMILES string of the molecule is CCC(N)(CC)CN1CCCc2ccccc21. The van der Waals surface area contributed by atoms with E-state index in [-0.39, 0.29) is 5.54 Å². The molecule has 1 aromatic rings. The fourth-order valence-corrected chi connectivity index (χ4v) is 2.63. The van der Waals surface area contributed by atoms with Crippen LogP contribution in [0.4, 0.5) is 5.69 Å². The Morgan fingerprint density at radius 3 is 2.65 bits per heavy atom. The van der Waals surface area contributed by atoms with Crippen molar-refractivity contribution in [1.82, 2.24) is 0 Å². The molecule has 0 fully saturated rings. The van der Waals surface area contributed by atoms with E-state index >= 15 is 0 Å². The molecule has 0 radical (unpaired) electrons. The minimum atomic E-state index is -0.0373. The molecule has 94 valence electrons. The summed E-state index contributed by atoms with van der Waals surface area (Å²) in [5, 5.41) is 0.